The number of esters is 1. The summed E-state index contributed by atoms with van der Waals surface area (Å²) in [5.41, 5.74) is 0.807. The molecule has 0 saturated heterocycles. The van der Waals surface area contributed by atoms with Gasteiger partial charge in [0.1, 0.15) is 16.6 Å². The van der Waals surface area contributed by atoms with Crippen LogP contribution in [0.4, 0.5) is 0 Å². The van der Waals surface area contributed by atoms with Crippen LogP contribution in [0, 0.1) is 6.92 Å². The molecule has 0 spiro atoms. The number of nitrogens with zero attached hydrogens (tertiary/aromatic N) is 3. The fraction of sp³-hybridized carbons (Fsp3) is 0.462. The Morgan fingerprint density at radius 2 is 2.26 bits per heavy atom. The van der Waals surface area contributed by atoms with E-state index in [2.05, 4.69) is 9.97 Å². The molecule has 5 nitrogen and oxygen atoms in total. The van der Waals surface area contributed by atoms with Crippen LogP contribution in [0.25, 0.3) is 11.0 Å². The molecule has 102 valence electrons. The quantitative estimate of drug-likeness (QED) is 0.625. The third-order valence-corrected chi connectivity index (χ3v) is 3.06. The standard InChI is InChI=1S/C13H16ClN3O2/c1-3-19-11(18)5-4-7-17-8-6-10-12(14)15-9(2)16-13(10)17/h6,8H,3-5,7H2,1-2H3. The molecule has 2 heterocycles. The van der Waals surface area contributed by atoms with E-state index in [0.717, 1.165) is 11.0 Å². The summed E-state index contributed by atoms with van der Waals surface area (Å²) < 4.78 is 6.87. The number of rotatable bonds is 5. The summed E-state index contributed by atoms with van der Waals surface area (Å²) in [7, 11) is 0. The predicted octanol–water partition coefficient (Wildman–Crippen LogP) is 2.74. The van der Waals surface area contributed by atoms with Gasteiger partial charge in [-0.25, -0.2) is 9.97 Å². The van der Waals surface area contributed by atoms with Crippen LogP contribution in [0.3, 0.4) is 0 Å². The van der Waals surface area contributed by atoms with E-state index < -0.39 is 0 Å². The number of aryl methyl sites for hydroxylation is 2. The Morgan fingerprint density at radius 1 is 1.47 bits per heavy atom. The van der Waals surface area contributed by atoms with Gasteiger partial charge in [0.25, 0.3) is 0 Å². The normalized spacial score (nSPS) is 10.9. The van der Waals surface area contributed by atoms with E-state index in [9.17, 15) is 4.79 Å². The maximum atomic E-state index is 11.3. The van der Waals surface area contributed by atoms with E-state index in [1.807, 2.05) is 16.8 Å². The Morgan fingerprint density at radius 3 is 3.00 bits per heavy atom. The summed E-state index contributed by atoms with van der Waals surface area (Å²) in [5, 5.41) is 1.30. The first-order chi connectivity index (χ1) is 9.11. The summed E-state index contributed by atoms with van der Waals surface area (Å²) in [6, 6.07) is 1.89. The Kier molecular flexibility index (Phi) is 4.37. The number of aromatic nitrogens is 3. The molecular weight excluding hydrogens is 266 g/mol. The van der Waals surface area contributed by atoms with E-state index in [1.54, 1.807) is 13.8 Å². The molecule has 0 radical (unpaired) electrons. The lowest BCUT2D eigenvalue weighted by Crippen LogP contribution is -2.06. The van der Waals surface area contributed by atoms with Crippen molar-refractivity contribution in [2.24, 2.45) is 0 Å². The van der Waals surface area contributed by atoms with Gasteiger partial charge in [0.15, 0.2) is 0 Å². The van der Waals surface area contributed by atoms with Crippen LogP contribution in [-0.2, 0) is 16.1 Å². The van der Waals surface area contributed by atoms with Gasteiger partial charge < -0.3 is 9.30 Å². The SMILES string of the molecule is CCOC(=O)CCCn1ccc2c(Cl)nc(C)nc21. The van der Waals surface area contributed by atoms with Gasteiger partial charge in [0, 0.05) is 19.2 Å². The molecule has 2 rings (SSSR count). The molecule has 19 heavy (non-hydrogen) atoms. The fourth-order valence-electron chi connectivity index (χ4n) is 1.94. The lowest BCUT2D eigenvalue weighted by atomic mass is 10.3. The van der Waals surface area contributed by atoms with Gasteiger partial charge in [0.05, 0.1) is 12.0 Å². The second kappa shape index (κ2) is 6.02. The molecule has 0 fully saturated rings. The number of halogens is 1. The molecule has 0 saturated carbocycles. The molecule has 0 aromatic carbocycles. The number of hydrogen-bond acceptors (Lipinski definition) is 4. The van der Waals surface area contributed by atoms with E-state index >= 15 is 0 Å². The minimum absolute atomic E-state index is 0.164. The second-order valence-electron chi connectivity index (χ2n) is 4.22. The first kappa shape index (κ1) is 13.8. The predicted molar refractivity (Wildman–Crippen MR) is 73.1 cm³/mol. The molecule has 0 atom stereocenters. The molecule has 0 N–H and O–H groups in total. The monoisotopic (exact) mass is 281 g/mol. The van der Waals surface area contributed by atoms with Crippen LogP contribution in [0.15, 0.2) is 12.3 Å². The van der Waals surface area contributed by atoms with Gasteiger partial charge in [-0.1, -0.05) is 11.6 Å². The van der Waals surface area contributed by atoms with E-state index in [-0.39, 0.29) is 5.97 Å². The van der Waals surface area contributed by atoms with Gasteiger partial charge >= 0.3 is 5.97 Å². The highest BCUT2D eigenvalue weighted by atomic mass is 35.5. The highest BCUT2D eigenvalue weighted by molar-refractivity contribution is 6.33. The minimum atomic E-state index is -0.164. The van der Waals surface area contributed by atoms with Crippen LogP contribution in [-0.4, -0.2) is 27.1 Å². The molecule has 0 aliphatic heterocycles. The lowest BCUT2D eigenvalue weighted by Gasteiger charge is -2.05. The van der Waals surface area contributed by atoms with Gasteiger partial charge in [-0.15, -0.1) is 0 Å². The van der Waals surface area contributed by atoms with Crippen molar-refractivity contribution in [3.63, 3.8) is 0 Å². The smallest absolute Gasteiger partial charge is 0.305 e. The minimum Gasteiger partial charge on any atom is -0.466 e. The first-order valence-corrected chi connectivity index (χ1v) is 6.64. The number of carbonyl (C=O) groups is 1. The maximum absolute atomic E-state index is 11.3. The molecule has 0 aliphatic rings. The second-order valence-corrected chi connectivity index (χ2v) is 4.57. The van der Waals surface area contributed by atoms with Crippen molar-refractivity contribution in [1.82, 2.24) is 14.5 Å². The van der Waals surface area contributed by atoms with Crippen molar-refractivity contribution < 1.29 is 9.53 Å². The Hall–Kier alpha value is -1.62. The van der Waals surface area contributed by atoms with E-state index in [4.69, 9.17) is 16.3 Å². The average Bonchev–Trinajstić information content (AvgIpc) is 2.73. The summed E-state index contributed by atoms with van der Waals surface area (Å²) >= 11 is 6.06. The zero-order valence-electron chi connectivity index (χ0n) is 11.0. The van der Waals surface area contributed by atoms with Gasteiger partial charge in [-0.05, 0) is 26.3 Å². The van der Waals surface area contributed by atoms with Gasteiger partial charge in [-0.2, -0.15) is 0 Å². The number of fused-ring (bicyclic) bond motifs is 1. The van der Waals surface area contributed by atoms with Gasteiger partial charge in [-0.3, -0.25) is 4.79 Å². The van der Waals surface area contributed by atoms with Crippen molar-refractivity contribution in [3.05, 3.63) is 23.2 Å². The van der Waals surface area contributed by atoms with Gasteiger partial charge in [0.2, 0.25) is 0 Å². The topological polar surface area (TPSA) is 57.0 Å². The zero-order valence-corrected chi connectivity index (χ0v) is 11.8. The Labute approximate surface area is 116 Å². The van der Waals surface area contributed by atoms with Crippen LogP contribution >= 0.6 is 11.6 Å². The number of ether oxygens (including phenoxy) is 1. The number of hydrogen-bond donors (Lipinski definition) is 0. The number of carbonyl (C=O) groups excluding carboxylic acids is 1. The zero-order chi connectivity index (χ0) is 13.8. The van der Waals surface area contributed by atoms with E-state index in [1.165, 1.54) is 0 Å². The maximum Gasteiger partial charge on any atom is 0.305 e. The molecule has 0 bridgehead atoms. The highest BCUT2D eigenvalue weighted by Crippen LogP contribution is 2.21. The molecule has 0 amide bonds. The van der Waals surface area contributed by atoms with Crippen molar-refractivity contribution in [3.8, 4) is 0 Å². The van der Waals surface area contributed by atoms with E-state index in [0.29, 0.717) is 37.0 Å². The van der Waals surface area contributed by atoms with Crippen molar-refractivity contribution in [2.45, 2.75) is 33.2 Å². The Balaban J connectivity index is 2.07. The van der Waals surface area contributed by atoms with Crippen molar-refractivity contribution >= 4 is 28.6 Å². The first-order valence-electron chi connectivity index (χ1n) is 6.26. The van der Waals surface area contributed by atoms with Crippen molar-refractivity contribution in [2.75, 3.05) is 6.61 Å². The molecule has 2 aromatic heterocycles. The summed E-state index contributed by atoms with van der Waals surface area (Å²) in [5.74, 6) is 0.477. The van der Waals surface area contributed by atoms with Crippen LogP contribution in [0.2, 0.25) is 5.15 Å². The van der Waals surface area contributed by atoms with Crippen molar-refractivity contribution in [1.29, 1.82) is 0 Å². The third-order valence-electron chi connectivity index (χ3n) is 2.77. The summed E-state index contributed by atoms with van der Waals surface area (Å²) in [6.07, 6.45) is 3.03. The van der Waals surface area contributed by atoms with Crippen LogP contribution in [0.1, 0.15) is 25.6 Å². The highest BCUT2D eigenvalue weighted by Gasteiger charge is 2.09. The average molecular weight is 282 g/mol. The Bertz CT molecular complexity index is 595. The molecule has 6 heteroatoms. The third kappa shape index (κ3) is 3.23. The molecular formula is C13H16ClN3O2. The fourth-order valence-corrected chi connectivity index (χ4v) is 2.21. The lowest BCUT2D eigenvalue weighted by molar-refractivity contribution is -0.143. The molecule has 0 unspecified atom stereocenters. The largest absolute Gasteiger partial charge is 0.466 e. The van der Waals surface area contributed by atoms with Crippen LogP contribution in [0.5, 0.6) is 0 Å². The molecule has 0 aliphatic carbocycles. The molecule has 2 aromatic rings. The van der Waals surface area contributed by atoms with Crippen LogP contribution < -0.4 is 0 Å². The summed E-state index contributed by atoms with van der Waals surface area (Å²) in [6.45, 7) is 4.74. The summed E-state index contributed by atoms with van der Waals surface area (Å²) in [4.78, 5) is 19.8.